The fourth-order valence-corrected chi connectivity index (χ4v) is 3.08. The Balaban J connectivity index is 2.15. The van der Waals surface area contributed by atoms with Gasteiger partial charge in [-0.25, -0.2) is 4.39 Å². The maximum absolute atomic E-state index is 13.9. The average molecular weight is 234 g/mol. The molecule has 17 heavy (non-hydrogen) atoms. The molecule has 1 fully saturated rings. The van der Waals surface area contributed by atoms with E-state index in [4.69, 9.17) is 0 Å². The van der Waals surface area contributed by atoms with E-state index in [2.05, 4.69) is 5.32 Å². The summed E-state index contributed by atoms with van der Waals surface area (Å²) >= 11 is 0. The molecular weight excluding hydrogens is 219 g/mol. The maximum atomic E-state index is 13.9. The number of carbonyl (C=O) groups is 1. The minimum Gasteiger partial charge on any atom is -0.356 e. The highest BCUT2D eigenvalue weighted by Gasteiger charge is 2.48. The fourth-order valence-electron chi connectivity index (χ4n) is 3.08. The van der Waals surface area contributed by atoms with Gasteiger partial charge in [0, 0.05) is 7.05 Å². The van der Waals surface area contributed by atoms with Crippen molar-refractivity contribution in [2.75, 3.05) is 17.3 Å². The third-order valence-corrected chi connectivity index (χ3v) is 4.07. The molecule has 1 N–H and O–H groups in total. The first-order valence-electron chi connectivity index (χ1n) is 5.99. The minimum atomic E-state index is -0.533. The van der Waals surface area contributed by atoms with Crippen molar-refractivity contribution >= 4 is 17.3 Å². The molecule has 4 heteroatoms. The van der Waals surface area contributed by atoms with Crippen molar-refractivity contribution in [2.45, 2.75) is 31.2 Å². The van der Waals surface area contributed by atoms with Crippen molar-refractivity contribution in [3.8, 4) is 0 Å². The van der Waals surface area contributed by atoms with Crippen molar-refractivity contribution in [3.05, 3.63) is 24.0 Å². The monoisotopic (exact) mass is 234 g/mol. The van der Waals surface area contributed by atoms with Gasteiger partial charge in [0.2, 0.25) is 5.91 Å². The standard InChI is InChI=1S/C13H15FN2O/c1-16-11-9(14)5-4-6-10(11)15-12(17)13(16)7-2-3-8-13/h4-6H,2-3,7-8H2,1H3,(H,15,17). The average Bonchev–Trinajstić information content (AvgIpc) is 2.77. The molecule has 1 aromatic carbocycles. The summed E-state index contributed by atoms with van der Waals surface area (Å²) in [6.45, 7) is 0. The summed E-state index contributed by atoms with van der Waals surface area (Å²) < 4.78 is 13.9. The van der Waals surface area contributed by atoms with E-state index in [1.807, 2.05) is 11.9 Å². The number of benzene rings is 1. The van der Waals surface area contributed by atoms with Crippen molar-refractivity contribution in [3.63, 3.8) is 0 Å². The zero-order valence-electron chi connectivity index (χ0n) is 9.79. The lowest BCUT2D eigenvalue weighted by Crippen LogP contribution is -2.57. The first kappa shape index (κ1) is 10.6. The van der Waals surface area contributed by atoms with Gasteiger partial charge in [-0.1, -0.05) is 18.9 Å². The molecule has 1 saturated carbocycles. The molecule has 2 aliphatic rings. The molecule has 0 aromatic heterocycles. The Morgan fingerprint density at radius 2 is 2.06 bits per heavy atom. The van der Waals surface area contributed by atoms with Crippen molar-refractivity contribution < 1.29 is 9.18 Å². The van der Waals surface area contributed by atoms with Gasteiger partial charge in [-0.3, -0.25) is 4.79 Å². The summed E-state index contributed by atoms with van der Waals surface area (Å²) in [5.41, 5.74) is 0.568. The smallest absolute Gasteiger partial charge is 0.250 e. The number of para-hydroxylation sites is 1. The Morgan fingerprint density at radius 1 is 1.35 bits per heavy atom. The Bertz CT molecular complexity index is 480. The summed E-state index contributed by atoms with van der Waals surface area (Å²) in [6.07, 6.45) is 3.68. The van der Waals surface area contributed by atoms with Gasteiger partial charge in [0.1, 0.15) is 11.4 Å². The zero-order chi connectivity index (χ0) is 12.0. The second-order valence-corrected chi connectivity index (χ2v) is 4.89. The van der Waals surface area contributed by atoms with Gasteiger partial charge in [-0.05, 0) is 25.0 Å². The van der Waals surface area contributed by atoms with Crippen LogP contribution < -0.4 is 10.2 Å². The summed E-state index contributed by atoms with van der Waals surface area (Å²) in [6, 6.07) is 4.80. The zero-order valence-corrected chi connectivity index (χ0v) is 9.79. The Labute approximate surface area is 99.6 Å². The van der Waals surface area contributed by atoms with Crippen LogP contribution in [0.25, 0.3) is 0 Å². The fraction of sp³-hybridized carbons (Fsp3) is 0.462. The number of hydrogen-bond acceptors (Lipinski definition) is 2. The van der Waals surface area contributed by atoms with Crippen LogP contribution in [0.4, 0.5) is 15.8 Å². The van der Waals surface area contributed by atoms with E-state index < -0.39 is 5.54 Å². The summed E-state index contributed by atoms with van der Waals surface area (Å²) in [5.74, 6) is -0.258. The van der Waals surface area contributed by atoms with E-state index in [0.29, 0.717) is 11.4 Å². The lowest BCUT2D eigenvalue weighted by molar-refractivity contribution is -0.121. The van der Waals surface area contributed by atoms with Crippen LogP contribution in [-0.2, 0) is 4.79 Å². The van der Waals surface area contributed by atoms with Gasteiger partial charge in [0.25, 0.3) is 0 Å². The number of anilines is 2. The topological polar surface area (TPSA) is 32.3 Å². The number of hydrogen-bond donors (Lipinski definition) is 1. The molecule has 90 valence electrons. The van der Waals surface area contributed by atoms with E-state index in [0.717, 1.165) is 25.7 Å². The number of carbonyl (C=O) groups excluding carboxylic acids is 1. The molecule has 1 spiro atoms. The third-order valence-electron chi connectivity index (χ3n) is 4.07. The first-order chi connectivity index (χ1) is 8.15. The molecule has 1 aromatic rings. The molecule has 0 bridgehead atoms. The van der Waals surface area contributed by atoms with Crippen LogP contribution in [0.1, 0.15) is 25.7 Å². The molecule has 0 unspecified atom stereocenters. The molecule has 1 amide bonds. The highest BCUT2D eigenvalue weighted by Crippen LogP contribution is 2.44. The van der Waals surface area contributed by atoms with E-state index in [9.17, 15) is 9.18 Å². The van der Waals surface area contributed by atoms with Crippen LogP contribution in [0.2, 0.25) is 0 Å². The summed E-state index contributed by atoms with van der Waals surface area (Å²) in [7, 11) is 1.83. The number of likely N-dealkylation sites (N-methyl/N-ethyl adjacent to an activating group) is 1. The number of halogens is 1. The van der Waals surface area contributed by atoms with Crippen LogP contribution in [0.3, 0.4) is 0 Å². The van der Waals surface area contributed by atoms with Crippen LogP contribution in [-0.4, -0.2) is 18.5 Å². The van der Waals surface area contributed by atoms with Gasteiger partial charge in [0.05, 0.1) is 11.4 Å². The lowest BCUT2D eigenvalue weighted by Gasteiger charge is -2.43. The van der Waals surface area contributed by atoms with Gasteiger partial charge in [-0.15, -0.1) is 0 Å². The highest BCUT2D eigenvalue weighted by atomic mass is 19.1. The number of rotatable bonds is 0. The van der Waals surface area contributed by atoms with Gasteiger partial charge in [0.15, 0.2) is 0 Å². The molecule has 3 nitrogen and oxygen atoms in total. The van der Waals surface area contributed by atoms with Crippen molar-refractivity contribution in [1.29, 1.82) is 0 Å². The number of nitrogens with zero attached hydrogens (tertiary/aromatic N) is 1. The normalized spacial score (nSPS) is 21.5. The van der Waals surface area contributed by atoms with Gasteiger partial charge >= 0.3 is 0 Å². The molecule has 0 radical (unpaired) electrons. The Kier molecular flexibility index (Phi) is 2.15. The van der Waals surface area contributed by atoms with E-state index >= 15 is 0 Å². The van der Waals surface area contributed by atoms with Crippen LogP contribution >= 0.6 is 0 Å². The third kappa shape index (κ3) is 1.30. The van der Waals surface area contributed by atoms with Crippen molar-refractivity contribution in [2.24, 2.45) is 0 Å². The van der Waals surface area contributed by atoms with Gasteiger partial charge in [-0.2, -0.15) is 0 Å². The molecule has 3 rings (SSSR count). The number of fused-ring (bicyclic) bond motifs is 1. The largest absolute Gasteiger partial charge is 0.356 e. The first-order valence-corrected chi connectivity index (χ1v) is 5.99. The highest BCUT2D eigenvalue weighted by molar-refractivity contribution is 6.06. The maximum Gasteiger partial charge on any atom is 0.250 e. The predicted molar refractivity (Wildman–Crippen MR) is 64.6 cm³/mol. The lowest BCUT2D eigenvalue weighted by atomic mass is 9.90. The second kappa shape index (κ2) is 3.45. The molecule has 1 aliphatic carbocycles. The Morgan fingerprint density at radius 3 is 2.76 bits per heavy atom. The van der Waals surface area contributed by atoms with Crippen LogP contribution in [0, 0.1) is 5.82 Å². The number of amides is 1. The van der Waals surface area contributed by atoms with E-state index in [1.54, 1.807) is 12.1 Å². The van der Waals surface area contributed by atoms with Crippen LogP contribution in [0.15, 0.2) is 18.2 Å². The number of nitrogens with one attached hydrogen (secondary N) is 1. The second-order valence-electron chi connectivity index (χ2n) is 4.89. The molecule has 1 aliphatic heterocycles. The molecule has 0 saturated heterocycles. The molecular formula is C13H15FN2O. The van der Waals surface area contributed by atoms with E-state index in [-0.39, 0.29) is 11.7 Å². The Hall–Kier alpha value is -1.58. The van der Waals surface area contributed by atoms with Crippen molar-refractivity contribution in [1.82, 2.24) is 0 Å². The van der Waals surface area contributed by atoms with E-state index in [1.165, 1.54) is 6.07 Å². The predicted octanol–water partition coefficient (Wildman–Crippen LogP) is 2.53. The SMILES string of the molecule is CN1c2c(F)cccc2NC(=O)C12CCCC2. The van der Waals surface area contributed by atoms with Gasteiger partial charge < -0.3 is 10.2 Å². The summed E-state index contributed by atoms with van der Waals surface area (Å²) in [5, 5.41) is 2.84. The van der Waals surface area contributed by atoms with Crippen LogP contribution in [0.5, 0.6) is 0 Å². The molecule has 0 atom stereocenters. The summed E-state index contributed by atoms with van der Waals surface area (Å²) in [4.78, 5) is 14.1. The minimum absolute atomic E-state index is 0.00981. The quantitative estimate of drug-likeness (QED) is 0.748. The molecule has 1 heterocycles.